The topological polar surface area (TPSA) is 85.8 Å². The summed E-state index contributed by atoms with van der Waals surface area (Å²) in [7, 11) is 0. The Kier molecular flexibility index (Phi) is 4.52. The first-order valence-corrected chi connectivity index (χ1v) is 6.83. The molecule has 1 amide bonds. The number of thioether (sulfide) groups is 1. The van der Waals surface area contributed by atoms with Crippen LogP contribution in [0.5, 0.6) is 0 Å². The van der Waals surface area contributed by atoms with Gasteiger partial charge in [-0.15, -0.1) is 10.2 Å². The highest BCUT2D eigenvalue weighted by Gasteiger charge is 2.09. The standard InChI is InChI=1S/C10H9Cl2N5OS/c11-6-1-2-8(7(12)3-6)15-9(18)4-19-10-16-14-5-17(10)13/h1-3,5H,4,13H2,(H,15,18). The summed E-state index contributed by atoms with van der Waals surface area (Å²) in [4.78, 5) is 11.7. The molecule has 100 valence electrons. The number of hydrogen-bond donors (Lipinski definition) is 2. The molecule has 0 atom stereocenters. The number of anilines is 1. The summed E-state index contributed by atoms with van der Waals surface area (Å²) in [6.45, 7) is 0. The second-order valence-electron chi connectivity index (χ2n) is 3.48. The van der Waals surface area contributed by atoms with Crippen molar-refractivity contribution < 1.29 is 4.79 Å². The predicted octanol–water partition coefficient (Wildman–Crippen LogP) is 2.03. The zero-order chi connectivity index (χ0) is 13.8. The summed E-state index contributed by atoms with van der Waals surface area (Å²) in [5.74, 6) is 5.45. The lowest BCUT2D eigenvalue weighted by Crippen LogP contribution is -2.15. The van der Waals surface area contributed by atoms with Crippen molar-refractivity contribution in [3.63, 3.8) is 0 Å². The molecule has 0 radical (unpaired) electrons. The molecule has 0 aliphatic carbocycles. The highest BCUT2D eigenvalue weighted by molar-refractivity contribution is 7.99. The van der Waals surface area contributed by atoms with Crippen molar-refractivity contribution in [3.05, 3.63) is 34.6 Å². The summed E-state index contributed by atoms with van der Waals surface area (Å²) < 4.78 is 1.24. The molecule has 0 aliphatic heterocycles. The predicted molar refractivity (Wildman–Crippen MR) is 76.0 cm³/mol. The molecule has 0 bridgehead atoms. The van der Waals surface area contributed by atoms with E-state index in [4.69, 9.17) is 29.0 Å². The molecule has 2 aromatic rings. The fourth-order valence-corrected chi connectivity index (χ4v) is 2.33. The minimum Gasteiger partial charge on any atom is -0.336 e. The first kappa shape index (κ1) is 14.0. The first-order valence-electron chi connectivity index (χ1n) is 5.09. The number of rotatable bonds is 4. The van der Waals surface area contributed by atoms with Gasteiger partial charge in [0, 0.05) is 5.02 Å². The second kappa shape index (κ2) is 6.14. The Morgan fingerprint density at radius 3 is 2.89 bits per heavy atom. The molecule has 6 nitrogen and oxygen atoms in total. The maximum Gasteiger partial charge on any atom is 0.234 e. The molecule has 9 heteroatoms. The van der Waals surface area contributed by atoms with Gasteiger partial charge < -0.3 is 11.2 Å². The third-order valence-electron chi connectivity index (χ3n) is 2.08. The Morgan fingerprint density at radius 2 is 2.26 bits per heavy atom. The monoisotopic (exact) mass is 317 g/mol. The lowest BCUT2D eigenvalue weighted by Gasteiger charge is -2.07. The molecule has 0 fully saturated rings. The van der Waals surface area contributed by atoms with Crippen LogP contribution in [0.15, 0.2) is 29.7 Å². The largest absolute Gasteiger partial charge is 0.336 e. The summed E-state index contributed by atoms with van der Waals surface area (Å²) >= 11 is 12.9. The fourth-order valence-electron chi connectivity index (χ4n) is 1.24. The lowest BCUT2D eigenvalue weighted by molar-refractivity contribution is -0.113. The molecule has 0 saturated carbocycles. The van der Waals surface area contributed by atoms with Crippen LogP contribution in [0, 0.1) is 0 Å². The number of nitrogens with two attached hydrogens (primary N) is 1. The summed E-state index contributed by atoms with van der Waals surface area (Å²) in [5.41, 5.74) is 0.505. The van der Waals surface area contributed by atoms with Crippen LogP contribution in [0.25, 0.3) is 0 Å². The SMILES string of the molecule is Nn1cnnc1SCC(=O)Nc1ccc(Cl)cc1Cl. The molecule has 1 heterocycles. The van der Waals surface area contributed by atoms with Crippen LogP contribution in [-0.4, -0.2) is 26.5 Å². The van der Waals surface area contributed by atoms with Crippen LogP contribution in [0.2, 0.25) is 10.0 Å². The van der Waals surface area contributed by atoms with Gasteiger partial charge in [-0.2, -0.15) is 0 Å². The number of hydrogen-bond acceptors (Lipinski definition) is 5. The number of carbonyl (C=O) groups is 1. The Morgan fingerprint density at radius 1 is 1.47 bits per heavy atom. The maximum absolute atomic E-state index is 11.7. The Balaban J connectivity index is 1.93. The van der Waals surface area contributed by atoms with E-state index in [1.165, 1.54) is 22.8 Å². The number of carbonyl (C=O) groups excluding carboxylic acids is 1. The minimum atomic E-state index is -0.225. The average Bonchev–Trinajstić information content (AvgIpc) is 2.76. The van der Waals surface area contributed by atoms with Crippen molar-refractivity contribution in [2.75, 3.05) is 16.9 Å². The van der Waals surface area contributed by atoms with Gasteiger partial charge in [0.1, 0.15) is 6.33 Å². The number of aromatic nitrogens is 3. The normalized spacial score (nSPS) is 10.4. The second-order valence-corrected chi connectivity index (χ2v) is 5.27. The van der Waals surface area contributed by atoms with E-state index in [0.29, 0.717) is 20.9 Å². The van der Waals surface area contributed by atoms with Crippen LogP contribution in [-0.2, 0) is 4.79 Å². The van der Waals surface area contributed by atoms with E-state index in [1.54, 1.807) is 18.2 Å². The number of amides is 1. The number of halogens is 2. The van der Waals surface area contributed by atoms with Gasteiger partial charge >= 0.3 is 0 Å². The van der Waals surface area contributed by atoms with Crippen molar-refractivity contribution in [3.8, 4) is 0 Å². The molecule has 0 unspecified atom stereocenters. The molecular formula is C10H9Cl2N5OS. The van der Waals surface area contributed by atoms with E-state index in [0.717, 1.165) is 0 Å². The van der Waals surface area contributed by atoms with Gasteiger partial charge in [-0.25, -0.2) is 4.68 Å². The van der Waals surface area contributed by atoms with E-state index in [-0.39, 0.29) is 11.7 Å². The van der Waals surface area contributed by atoms with E-state index in [1.807, 2.05) is 0 Å². The van der Waals surface area contributed by atoms with Crippen LogP contribution in [0.1, 0.15) is 0 Å². The molecule has 1 aromatic carbocycles. The zero-order valence-electron chi connectivity index (χ0n) is 9.51. The molecule has 2 rings (SSSR count). The summed E-state index contributed by atoms with van der Waals surface area (Å²) in [6, 6.07) is 4.84. The smallest absolute Gasteiger partial charge is 0.234 e. The highest BCUT2D eigenvalue weighted by Crippen LogP contribution is 2.25. The van der Waals surface area contributed by atoms with Crippen molar-refractivity contribution in [2.24, 2.45) is 0 Å². The van der Waals surface area contributed by atoms with Crippen LogP contribution < -0.4 is 11.2 Å². The van der Waals surface area contributed by atoms with Gasteiger partial charge in [-0.05, 0) is 18.2 Å². The Labute approximate surface area is 123 Å². The van der Waals surface area contributed by atoms with Gasteiger partial charge in [0.15, 0.2) is 0 Å². The van der Waals surface area contributed by atoms with E-state index >= 15 is 0 Å². The van der Waals surface area contributed by atoms with Gasteiger partial charge in [0.2, 0.25) is 11.1 Å². The quantitative estimate of drug-likeness (QED) is 0.665. The third kappa shape index (κ3) is 3.76. The molecule has 0 aliphatic rings. The van der Waals surface area contributed by atoms with Crippen molar-refractivity contribution in [1.29, 1.82) is 0 Å². The fraction of sp³-hybridized carbons (Fsp3) is 0.100. The molecule has 3 N–H and O–H groups in total. The highest BCUT2D eigenvalue weighted by atomic mass is 35.5. The van der Waals surface area contributed by atoms with E-state index in [2.05, 4.69) is 15.5 Å². The summed E-state index contributed by atoms with van der Waals surface area (Å²) in [5, 5.41) is 11.4. The molecule has 19 heavy (non-hydrogen) atoms. The summed E-state index contributed by atoms with van der Waals surface area (Å²) in [6.07, 6.45) is 1.36. The van der Waals surface area contributed by atoms with Gasteiger partial charge in [0.05, 0.1) is 16.5 Å². The van der Waals surface area contributed by atoms with Crippen molar-refractivity contribution in [2.45, 2.75) is 5.16 Å². The van der Waals surface area contributed by atoms with Crippen molar-refractivity contribution in [1.82, 2.24) is 14.9 Å². The number of nitrogen functional groups attached to an aromatic ring is 1. The lowest BCUT2D eigenvalue weighted by atomic mass is 10.3. The van der Waals surface area contributed by atoms with E-state index in [9.17, 15) is 4.79 Å². The molecular weight excluding hydrogens is 309 g/mol. The van der Waals surface area contributed by atoms with Crippen LogP contribution in [0.4, 0.5) is 5.69 Å². The molecule has 1 aromatic heterocycles. The average molecular weight is 318 g/mol. The Bertz CT molecular complexity index is 603. The third-order valence-corrected chi connectivity index (χ3v) is 3.58. The number of benzene rings is 1. The van der Waals surface area contributed by atoms with Gasteiger partial charge in [-0.3, -0.25) is 4.79 Å². The molecule has 0 spiro atoms. The van der Waals surface area contributed by atoms with Crippen LogP contribution in [0.3, 0.4) is 0 Å². The van der Waals surface area contributed by atoms with Gasteiger partial charge in [0.25, 0.3) is 0 Å². The minimum absolute atomic E-state index is 0.148. The van der Waals surface area contributed by atoms with Crippen LogP contribution >= 0.6 is 35.0 Å². The Hall–Kier alpha value is -1.44. The number of nitrogens with one attached hydrogen (secondary N) is 1. The zero-order valence-corrected chi connectivity index (χ0v) is 11.8. The molecule has 0 saturated heterocycles. The van der Waals surface area contributed by atoms with Gasteiger partial charge in [-0.1, -0.05) is 35.0 Å². The van der Waals surface area contributed by atoms with E-state index < -0.39 is 0 Å². The number of nitrogens with zero attached hydrogens (tertiary/aromatic N) is 3. The van der Waals surface area contributed by atoms with Crippen molar-refractivity contribution >= 4 is 46.6 Å². The first-order chi connectivity index (χ1) is 9.06. The maximum atomic E-state index is 11.7.